The number of rotatable bonds is 5. The second-order valence-corrected chi connectivity index (χ2v) is 12.6. The molecule has 22 heavy (non-hydrogen) atoms. The van der Waals surface area contributed by atoms with E-state index < -0.39 is 26.1 Å². The zero-order valence-corrected chi connectivity index (χ0v) is 16.0. The number of hydrogen-bond acceptors (Lipinski definition) is 5. The summed E-state index contributed by atoms with van der Waals surface area (Å²) in [5, 5.41) is 14.4. The third kappa shape index (κ3) is 7.12. The van der Waals surface area contributed by atoms with Crippen LogP contribution < -0.4 is 11.1 Å². The van der Waals surface area contributed by atoms with Crippen molar-refractivity contribution in [3.8, 4) is 0 Å². The molecule has 0 heterocycles. The quantitative estimate of drug-likeness (QED) is 0.236. The predicted molar refractivity (Wildman–Crippen MR) is 89.7 cm³/mol. The third-order valence-corrected chi connectivity index (χ3v) is 8.08. The van der Waals surface area contributed by atoms with Crippen molar-refractivity contribution in [3.05, 3.63) is 0 Å². The van der Waals surface area contributed by atoms with Crippen LogP contribution in [0.2, 0.25) is 18.1 Å². The molecule has 0 saturated carbocycles. The molecule has 0 radical (unpaired) electrons. The van der Waals surface area contributed by atoms with Gasteiger partial charge in [-0.3, -0.25) is 0 Å². The summed E-state index contributed by atoms with van der Waals surface area (Å²) in [7, 11) is -2.01. The lowest BCUT2D eigenvalue weighted by Crippen LogP contribution is -2.52. The van der Waals surface area contributed by atoms with E-state index in [-0.39, 0.29) is 17.5 Å². The van der Waals surface area contributed by atoms with Crippen molar-refractivity contribution in [3.63, 3.8) is 0 Å². The number of amides is 1. The van der Waals surface area contributed by atoms with Gasteiger partial charge in [0.15, 0.2) is 14.2 Å². The Hall–Kier alpha value is -1.28. The van der Waals surface area contributed by atoms with Gasteiger partial charge in [0, 0.05) is 0 Å². The highest BCUT2D eigenvalue weighted by atomic mass is 28.4. The van der Waals surface area contributed by atoms with E-state index in [4.69, 9.17) is 20.1 Å². The third-order valence-electron chi connectivity index (χ3n) is 3.58. The number of ether oxygens (including phenoxy) is 1. The average Bonchev–Trinajstić information content (AvgIpc) is 2.29. The second kappa shape index (κ2) is 7.32. The lowest BCUT2D eigenvalue weighted by atomic mass is 10.2. The van der Waals surface area contributed by atoms with Crippen LogP contribution in [-0.2, 0) is 9.16 Å². The first-order valence-electron chi connectivity index (χ1n) is 7.30. The van der Waals surface area contributed by atoms with Gasteiger partial charge in [0.1, 0.15) is 11.6 Å². The van der Waals surface area contributed by atoms with E-state index in [0.29, 0.717) is 0 Å². The maximum atomic E-state index is 11.8. The molecule has 1 atom stereocenters. The molecular weight excluding hydrogens is 302 g/mol. The summed E-state index contributed by atoms with van der Waals surface area (Å²) in [6, 6.07) is -0.742. The number of carbonyl (C=O) groups excluding carboxylic acids is 1. The molecule has 0 aromatic rings. The Balaban J connectivity index is 4.86. The first kappa shape index (κ1) is 20.7. The molecule has 0 spiro atoms. The summed E-state index contributed by atoms with van der Waals surface area (Å²) < 4.78 is 11.2. The maximum Gasteiger partial charge on any atom is 0.408 e. The van der Waals surface area contributed by atoms with E-state index in [9.17, 15) is 4.79 Å². The second-order valence-electron chi connectivity index (χ2n) is 7.79. The van der Waals surface area contributed by atoms with Gasteiger partial charge in [0.2, 0.25) is 0 Å². The molecule has 8 heteroatoms. The highest BCUT2D eigenvalue weighted by molar-refractivity contribution is 6.74. The topological polar surface area (TPSA) is 106 Å². The summed E-state index contributed by atoms with van der Waals surface area (Å²) in [6.45, 7) is 15.9. The molecule has 0 aliphatic heterocycles. The van der Waals surface area contributed by atoms with E-state index in [1.165, 1.54) is 0 Å². The van der Waals surface area contributed by atoms with Crippen molar-refractivity contribution in [1.82, 2.24) is 5.32 Å². The fourth-order valence-electron chi connectivity index (χ4n) is 1.23. The van der Waals surface area contributed by atoms with Crippen molar-refractivity contribution in [1.29, 1.82) is 0 Å². The maximum absolute atomic E-state index is 11.8. The highest BCUT2D eigenvalue weighted by Gasteiger charge is 2.38. The van der Waals surface area contributed by atoms with Gasteiger partial charge in [-0.25, -0.2) is 4.79 Å². The van der Waals surface area contributed by atoms with E-state index in [0.717, 1.165) is 0 Å². The zero-order valence-electron chi connectivity index (χ0n) is 15.0. The van der Waals surface area contributed by atoms with Gasteiger partial charge in [-0.1, -0.05) is 25.9 Å². The molecule has 1 amide bonds. The molecule has 0 aromatic carbocycles. The van der Waals surface area contributed by atoms with Crippen LogP contribution >= 0.6 is 0 Å². The Morgan fingerprint density at radius 1 is 1.27 bits per heavy atom. The molecule has 0 unspecified atom stereocenters. The van der Waals surface area contributed by atoms with Crippen LogP contribution in [0, 0.1) is 0 Å². The smallest absolute Gasteiger partial charge is 0.408 e. The summed E-state index contributed by atoms with van der Waals surface area (Å²) in [5.41, 5.74) is 5.01. The first-order valence-corrected chi connectivity index (χ1v) is 10.2. The average molecular weight is 334 g/mol. The van der Waals surface area contributed by atoms with E-state index in [1.54, 1.807) is 20.8 Å². The van der Waals surface area contributed by atoms with Crippen molar-refractivity contribution >= 4 is 20.2 Å². The minimum atomic E-state index is -2.01. The SMILES string of the molecule is CC(C)(C)OC(=O)N[C@@H](CO[Si](C)(C)C(C)(C)C)/C(N)=N/O. The molecule has 130 valence electrons. The number of nitrogens with two attached hydrogens (primary N) is 1. The zero-order chi connectivity index (χ0) is 17.8. The lowest BCUT2D eigenvalue weighted by Gasteiger charge is -2.37. The Morgan fingerprint density at radius 3 is 2.14 bits per heavy atom. The summed E-state index contributed by atoms with van der Waals surface area (Å²) in [5.74, 6) is -0.121. The predicted octanol–water partition coefficient (Wildman–Crippen LogP) is 2.65. The van der Waals surface area contributed by atoms with Gasteiger partial charge >= 0.3 is 6.09 Å². The number of amidine groups is 1. The van der Waals surface area contributed by atoms with Gasteiger partial charge in [-0.15, -0.1) is 0 Å². The van der Waals surface area contributed by atoms with E-state index in [2.05, 4.69) is 44.3 Å². The summed E-state index contributed by atoms with van der Waals surface area (Å²) >= 11 is 0. The van der Waals surface area contributed by atoms with Crippen molar-refractivity contribution in [2.45, 2.75) is 71.3 Å². The van der Waals surface area contributed by atoms with E-state index >= 15 is 0 Å². The van der Waals surface area contributed by atoms with Gasteiger partial charge in [-0.05, 0) is 38.9 Å². The Kier molecular flexibility index (Phi) is 6.89. The molecule has 0 saturated heterocycles. The molecule has 0 fully saturated rings. The summed E-state index contributed by atoms with van der Waals surface area (Å²) in [6.07, 6.45) is -0.636. The fraction of sp³-hybridized carbons (Fsp3) is 0.857. The van der Waals surface area contributed by atoms with Crippen LogP contribution in [0.1, 0.15) is 41.5 Å². The van der Waals surface area contributed by atoms with Crippen LogP contribution in [0.25, 0.3) is 0 Å². The molecule has 0 rings (SSSR count). The number of nitrogens with zero attached hydrogens (tertiary/aromatic N) is 1. The Bertz CT molecular complexity index is 411. The van der Waals surface area contributed by atoms with Crippen molar-refractivity contribution in [2.75, 3.05) is 6.61 Å². The Labute approximate surface area is 134 Å². The summed E-state index contributed by atoms with van der Waals surface area (Å²) in [4.78, 5) is 11.8. The van der Waals surface area contributed by atoms with Crippen LogP contribution in [0.4, 0.5) is 4.79 Å². The van der Waals surface area contributed by atoms with Crippen LogP contribution in [0.5, 0.6) is 0 Å². The standard InChI is InChI=1S/C14H31N3O4Si/c1-13(2,3)21-12(18)16-10(11(15)17-19)9-20-22(7,8)14(4,5)6/h10,19H,9H2,1-8H3,(H2,15,17)(H,16,18)/t10-/m0/s1. The molecule has 7 nitrogen and oxygen atoms in total. The number of alkyl carbamates (subject to hydrolysis) is 1. The largest absolute Gasteiger partial charge is 0.444 e. The fourth-order valence-corrected chi connectivity index (χ4v) is 2.25. The normalized spacial score (nSPS) is 15.4. The first-order chi connectivity index (χ1) is 9.69. The van der Waals surface area contributed by atoms with Crippen LogP contribution in [0.3, 0.4) is 0 Å². The van der Waals surface area contributed by atoms with Gasteiger partial charge in [0.05, 0.1) is 6.61 Å². The molecule has 0 aliphatic rings. The molecule has 0 aromatic heterocycles. The van der Waals surface area contributed by atoms with Gasteiger partial charge in [-0.2, -0.15) is 0 Å². The van der Waals surface area contributed by atoms with Crippen molar-refractivity contribution < 1.29 is 19.2 Å². The molecule has 0 aliphatic carbocycles. The lowest BCUT2D eigenvalue weighted by molar-refractivity contribution is 0.0504. The van der Waals surface area contributed by atoms with E-state index in [1.807, 2.05) is 0 Å². The minimum absolute atomic E-state index is 0.0224. The monoisotopic (exact) mass is 333 g/mol. The number of oxime groups is 1. The molecule has 4 N–H and O–H groups in total. The number of hydrogen-bond donors (Lipinski definition) is 3. The minimum Gasteiger partial charge on any atom is -0.444 e. The van der Waals surface area contributed by atoms with Crippen molar-refractivity contribution in [2.24, 2.45) is 10.9 Å². The Morgan fingerprint density at radius 2 is 1.77 bits per heavy atom. The van der Waals surface area contributed by atoms with Gasteiger partial charge < -0.3 is 25.4 Å². The highest BCUT2D eigenvalue weighted by Crippen LogP contribution is 2.36. The van der Waals surface area contributed by atoms with Crippen LogP contribution in [0.15, 0.2) is 5.16 Å². The molecule has 0 bridgehead atoms. The van der Waals surface area contributed by atoms with Crippen LogP contribution in [-0.4, -0.2) is 43.7 Å². The van der Waals surface area contributed by atoms with Gasteiger partial charge in [0.25, 0.3) is 0 Å². The molecular formula is C14H31N3O4Si. The number of nitrogens with one attached hydrogen (secondary N) is 1. The number of carbonyl (C=O) groups is 1.